The minimum Gasteiger partial charge on any atom is -0.295 e. The molecule has 0 radical (unpaired) electrons. The predicted octanol–water partition coefficient (Wildman–Crippen LogP) is 3.80. The van der Waals surface area contributed by atoms with Gasteiger partial charge in [0.2, 0.25) is 0 Å². The van der Waals surface area contributed by atoms with Crippen LogP contribution in [0.5, 0.6) is 0 Å². The van der Waals surface area contributed by atoms with Gasteiger partial charge in [-0.1, -0.05) is 6.07 Å². The van der Waals surface area contributed by atoms with E-state index in [0.29, 0.717) is 0 Å². The summed E-state index contributed by atoms with van der Waals surface area (Å²) in [5.74, 6) is 0. The number of imidazole rings is 1. The van der Waals surface area contributed by atoms with E-state index < -0.39 is 0 Å². The lowest BCUT2D eigenvalue weighted by Gasteiger charge is -2.01. The van der Waals surface area contributed by atoms with Crippen molar-refractivity contribution < 1.29 is 0 Å². The topological polar surface area (TPSA) is 43.1 Å². The number of aryl methyl sites for hydroxylation is 1. The van der Waals surface area contributed by atoms with E-state index in [1.165, 1.54) is 4.88 Å². The molecule has 0 saturated carbocycles. The summed E-state index contributed by atoms with van der Waals surface area (Å²) in [5.41, 5.74) is 1.08. The zero-order valence-corrected chi connectivity index (χ0v) is 12.3. The molecule has 0 aliphatic heterocycles. The number of nitrogens with zero attached hydrogens (tertiary/aromatic N) is 4. The Morgan fingerprint density at radius 3 is 3.10 bits per heavy atom. The second kappa shape index (κ2) is 4.57. The smallest absolute Gasteiger partial charge is 0.179 e. The average molecular weight is 298 g/mol. The standard InChI is InChI=1S/C14H10N4S2/c1-9-6-11-12(19-9)16-8-17-13(11)20-14-15-7-10-4-2-3-5-18(10)14/h2-8H,1H3. The number of aromatic nitrogens is 4. The van der Waals surface area contributed by atoms with Gasteiger partial charge in [-0.05, 0) is 36.9 Å². The van der Waals surface area contributed by atoms with Crippen LogP contribution in [0, 0.1) is 6.92 Å². The van der Waals surface area contributed by atoms with Crippen LogP contribution in [-0.2, 0) is 0 Å². The summed E-state index contributed by atoms with van der Waals surface area (Å²) in [5, 5.41) is 2.98. The maximum absolute atomic E-state index is 4.47. The van der Waals surface area contributed by atoms with Crippen molar-refractivity contribution in [2.24, 2.45) is 0 Å². The molecule has 0 N–H and O–H groups in total. The molecule has 4 heterocycles. The van der Waals surface area contributed by atoms with Gasteiger partial charge in [-0.3, -0.25) is 4.40 Å². The first-order valence-electron chi connectivity index (χ1n) is 6.12. The molecular formula is C14H10N4S2. The molecule has 0 atom stereocenters. The second-order valence-corrected chi connectivity index (χ2v) is 6.58. The van der Waals surface area contributed by atoms with Gasteiger partial charge in [0.25, 0.3) is 0 Å². The third kappa shape index (κ3) is 1.88. The van der Waals surface area contributed by atoms with Gasteiger partial charge < -0.3 is 0 Å². The fraction of sp³-hybridized carbons (Fsp3) is 0.0714. The molecule has 0 aliphatic rings. The number of pyridine rings is 1. The predicted molar refractivity (Wildman–Crippen MR) is 81.5 cm³/mol. The lowest BCUT2D eigenvalue weighted by molar-refractivity contribution is 0.952. The second-order valence-electron chi connectivity index (χ2n) is 4.39. The van der Waals surface area contributed by atoms with E-state index in [1.54, 1.807) is 29.4 Å². The highest BCUT2D eigenvalue weighted by molar-refractivity contribution is 7.99. The summed E-state index contributed by atoms with van der Waals surface area (Å²) in [7, 11) is 0. The van der Waals surface area contributed by atoms with E-state index in [-0.39, 0.29) is 0 Å². The summed E-state index contributed by atoms with van der Waals surface area (Å²) in [4.78, 5) is 15.5. The lowest BCUT2D eigenvalue weighted by Crippen LogP contribution is -1.88. The first kappa shape index (κ1) is 11.9. The van der Waals surface area contributed by atoms with Crippen LogP contribution in [0.15, 0.2) is 53.2 Å². The fourth-order valence-electron chi connectivity index (χ4n) is 2.12. The van der Waals surface area contributed by atoms with E-state index in [0.717, 1.165) is 25.9 Å². The highest BCUT2D eigenvalue weighted by Crippen LogP contribution is 2.33. The summed E-state index contributed by atoms with van der Waals surface area (Å²) in [6, 6.07) is 8.19. The number of hydrogen-bond donors (Lipinski definition) is 0. The van der Waals surface area contributed by atoms with Crippen molar-refractivity contribution in [3.63, 3.8) is 0 Å². The monoisotopic (exact) mass is 298 g/mol. The Kier molecular flexibility index (Phi) is 2.71. The zero-order chi connectivity index (χ0) is 13.5. The van der Waals surface area contributed by atoms with Gasteiger partial charge in [-0.15, -0.1) is 11.3 Å². The summed E-state index contributed by atoms with van der Waals surface area (Å²) >= 11 is 3.26. The van der Waals surface area contributed by atoms with Gasteiger partial charge in [0.05, 0.1) is 11.7 Å². The van der Waals surface area contributed by atoms with Gasteiger partial charge in [0.1, 0.15) is 16.2 Å². The van der Waals surface area contributed by atoms with Crippen LogP contribution in [0.4, 0.5) is 0 Å². The molecule has 20 heavy (non-hydrogen) atoms. The molecule has 4 rings (SSSR count). The van der Waals surface area contributed by atoms with Gasteiger partial charge in [0.15, 0.2) is 5.16 Å². The SMILES string of the molecule is Cc1cc2c(Sc3ncc4ccccn34)ncnc2s1. The van der Waals surface area contributed by atoms with Crippen molar-refractivity contribution in [2.75, 3.05) is 0 Å². The van der Waals surface area contributed by atoms with E-state index in [2.05, 4.69) is 32.3 Å². The molecule has 4 aromatic rings. The first-order valence-corrected chi connectivity index (χ1v) is 7.76. The minimum atomic E-state index is 0.921. The highest BCUT2D eigenvalue weighted by Gasteiger charge is 2.11. The van der Waals surface area contributed by atoms with E-state index in [9.17, 15) is 0 Å². The first-order chi connectivity index (χ1) is 9.81. The Morgan fingerprint density at radius 1 is 1.20 bits per heavy atom. The average Bonchev–Trinajstić information content (AvgIpc) is 3.03. The number of hydrogen-bond acceptors (Lipinski definition) is 5. The van der Waals surface area contributed by atoms with Crippen LogP contribution < -0.4 is 0 Å². The molecule has 98 valence electrons. The van der Waals surface area contributed by atoms with Crippen LogP contribution in [-0.4, -0.2) is 19.4 Å². The minimum absolute atomic E-state index is 0.921. The van der Waals surface area contributed by atoms with Crippen molar-refractivity contribution in [3.8, 4) is 0 Å². The molecule has 6 heteroatoms. The molecule has 0 bridgehead atoms. The van der Waals surface area contributed by atoms with Crippen LogP contribution in [0.25, 0.3) is 15.7 Å². The number of fused-ring (bicyclic) bond motifs is 2. The van der Waals surface area contributed by atoms with Gasteiger partial charge in [-0.2, -0.15) is 0 Å². The van der Waals surface area contributed by atoms with Gasteiger partial charge in [-0.25, -0.2) is 15.0 Å². The van der Waals surface area contributed by atoms with Crippen molar-refractivity contribution in [3.05, 3.63) is 47.9 Å². The maximum atomic E-state index is 4.47. The third-order valence-corrected chi connectivity index (χ3v) is 4.97. The van der Waals surface area contributed by atoms with Crippen molar-refractivity contribution in [2.45, 2.75) is 17.1 Å². The van der Waals surface area contributed by atoms with E-state index in [1.807, 2.05) is 30.6 Å². The van der Waals surface area contributed by atoms with Crippen molar-refractivity contribution >= 4 is 38.8 Å². The van der Waals surface area contributed by atoms with Crippen LogP contribution in [0.3, 0.4) is 0 Å². The van der Waals surface area contributed by atoms with Gasteiger partial charge in [0, 0.05) is 16.5 Å². The Labute approximate surface area is 123 Å². The quantitative estimate of drug-likeness (QED) is 0.528. The molecule has 0 aliphatic carbocycles. The molecule has 4 nitrogen and oxygen atoms in total. The lowest BCUT2D eigenvalue weighted by atomic mass is 10.4. The maximum Gasteiger partial charge on any atom is 0.179 e. The Hall–Kier alpha value is -1.92. The summed E-state index contributed by atoms with van der Waals surface area (Å²) in [6.45, 7) is 2.09. The molecular weight excluding hydrogens is 288 g/mol. The molecule has 0 fully saturated rings. The fourth-order valence-corrected chi connectivity index (χ4v) is 3.94. The number of thiophene rings is 1. The molecule has 4 aromatic heterocycles. The largest absolute Gasteiger partial charge is 0.295 e. The molecule has 0 aromatic carbocycles. The van der Waals surface area contributed by atoms with Crippen LogP contribution >= 0.6 is 23.1 Å². The van der Waals surface area contributed by atoms with Crippen molar-refractivity contribution in [1.82, 2.24) is 19.4 Å². The van der Waals surface area contributed by atoms with E-state index >= 15 is 0 Å². The van der Waals surface area contributed by atoms with Crippen molar-refractivity contribution in [1.29, 1.82) is 0 Å². The Balaban J connectivity index is 1.84. The molecule has 0 amide bonds. The molecule has 0 unspecified atom stereocenters. The number of rotatable bonds is 2. The zero-order valence-electron chi connectivity index (χ0n) is 10.6. The van der Waals surface area contributed by atoms with Crippen LogP contribution in [0.1, 0.15) is 4.88 Å². The Bertz CT molecular complexity index is 910. The van der Waals surface area contributed by atoms with E-state index in [4.69, 9.17) is 0 Å². The third-order valence-electron chi connectivity index (χ3n) is 3.01. The van der Waals surface area contributed by atoms with Crippen LogP contribution in [0.2, 0.25) is 0 Å². The van der Waals surface area contributed by atoms with Gasteiger partial charge >= 0.3 is 0 Å². The summed E-state index contributed by atoms with van der Waals surface area (Å²) < 4.78 is 2.07. The normalized spacial score (nSPS) is 11.4. The molecule has 0 spiro atoms. The Morgan fingerprint density at radius 2 is 2.15 bits per heavy atom. The molecule has 0 saturated heterocycles. The summed E-state index contributed by atoms with van der Waals surface area (Å²) in [6.07, 6.45) is 5.51. The highest BCUT2D eigenvalue weighted by atomic mass is 32.2.